The molecular formula is C16H25N3OS. The van der Waals surface area contributed by atoms with Crippen molar-refractivity contribution in [3.63, 3.8) is 0 Å². The highest BCUT2D eigenvalue weighted by Crippen LogP contribution is 2.32. The number of anilines is 2. The summed E-state index contributed by atoms with van der Waals surface area (Å²) in [7, 11) is 0. The number of nitrogens with one attached hydrogen (secondary N) is 2. The maximum absolute atomic E-state index is 5.49. The van der Waals surface area contributed by atoms with Crippen molar-refractivity contribution in [2.75, 3.05) is 55.9 Å². The summed E-state index contributed by atoms with van der Waals surface area (Å²) in [6.07, 6.45) is 4.64. The molecule has 0 aliphatic carbocycles. The fourth-order valence-electron chi connectivity index (χ4n) is 3.02. The quantitative estimate of drug-likeness (QED) is 0.836. The van der Waals surface area contributed by atoms with Crippen LogP contribution in [0.3, 0.4) is 0 Å². The molecule has 0 unspecified atom stereocenters. The van der Waals surface area contributed by atoms with Gasteiger partial charge in [0, 0.05) is 30.6 Å². The standard InChI is InChI=1S/C16H25N3OS/c1-21-14-4-5-15(18-13-3-2-6-17-12-13)16(11-14)19-7-9-20-10-8-19/h4-5,11,13,17-18H,2-3,6-10,12H2,1H3/t13-/m1/s1. The molecule has 116 valence electrons. The van der Waals surface area contributed by atoms with Gasteiger partial charge in [0.2, 0.25) is 0 Å². The molecule has 0 saturated carbocycles. The number of morpholine rings is 1. The van der Waals surface area contributed by atoms with E-state index in [1.807, 2.05) is 0 Å². The van der Waals surface area contributed by atoms with Gasteiger partial charge in [0.1, 0.15) is 0 Å². The third-order valence-corrected chi connectivity index (χ3v) is 4.94. The lowest BCUT2D eigenvalue weighted by Gasteiger charge is -2.33. The molecule has 1 atom stereocenters. The van der Waals surface area contributed by atoms with Crippen LogP contribution in [-0.4, -0.2) is 51.7 Å². The normalized spacial score (nSPS) is 23.1. The van der Waals surface area contributed by atoms with Crippen LogP contribution in [0.4, 0.5) is 11.4 Å². The van der Waals surface area contributed by atoms with E-state index in [9.17, 15) is 0 Å². The second-order valence-corrected chi connectivity index (χ2v) is 6.55. The summed E-state index contributed by atoms with van der Waals surface area (Å²) in [4.78, 5) is 3.77. The van der Waals surface area contributed by atoms with E-state index < -0.39 is 0 Å². The molecule has 0 spiro atoms. The molecule has 4 nitrogen and oxygen atoms in total. The van der Waals surface area contributed by atoms with Crippen LogP contribution in [-0.2, 0) is 4.74 Å². The second-order valence-electron chi connectivity index (χ2n) is 5.67. The molecule has 1 aromatic rings. The summed E-state index contributed by atoms with van der Waals surface area (Å²) in [5.74, 6) is 0. The van der Waals surface area contributed by atoms with E-state index in [0.29, 0.717) is 6.04 Å². The smallest absolute Gasteiger partial charge is 0.0642 e. The minimum absolute atomic E-state index is 0.540. The van der Waals surface area contributed by atoms with Crippen LogP contribution in [0.15, 0.2) is 23.1 Å². The molecule has 5 heteroatoms. The summed E-state index contributed by atoms with van der Waals surface area (Å²) in [6.45, 7) is 5.83. The van der Waals surface area contributed by atoms with Crippen LogP contribution in [0.25, 0.3) is 0 Å². The fourth-order valence-corrected chi connectivity index (χ4v) is 3.45. The predicted octanol–water partition coefficient (Wildman–Crippen LogP) is 2.41. The van der Waals surface area contributed by atoms with Gasteiger partial charge in [-0.2, -0.15) is 0 Å². The summed E-state index contributed by atoms with van der Waals surface area (Å²) >= 11 is 1.80. The molecule has 2 N–H and O–H groups in total. The Kier molecular flexibility index (Phi) is 5.27. The summed E-state index contributed by atoms with van der Waals surface area (Å²) in [5.41, 5.74) is 2.60. The summed E-state index contributed by atoms with van der Waals surface area (Å²) in [6, 6.07) is 7.31. The Morgan fingerprint density at radius 3 is 2.90 bits per heavy atom. The number of ether oxygens (including phenoxy) is 1. The van der Waals surface area contributed by atoms with E-state index in [0.717, 1.165) is 39.4 Å². The first-order chi connectivity index (χ1) is 10.4. The van der Waals surface area contributed by atoms with Gasteiger partial charge in [-0.3, -0.25) is 0 Å². The average molecular weight is 307 g/mol. The van der Waals surface area contributed by atoms with Crippen molar-refractivity contribution in [2.24, 2.45) is 0 Å². The van der Waals surface area contributed by atoms with Gasteiger partial charge < -0.3 is 20.3 Å². The van der Waals surface area contributed by atoms with Crippen LogP contribution >= 0.6 is 11.8 Å². The average Bonchev–Trinajstić information content (AvgIpc) is 2.57. The third-order valence-electron chi connectivity index (χ3n) is 4.21. The molecule has 3 rings (SSSR count). The first kappa shape index (κ1) is 15.0. The minimum atomic E-state index is 0.540. The maximum Gasteiger partial charge on any atom is 0.0642 e. The molecular weight excluding hydrogens is 282 g/mol. The van der Waals surface area contributed by atoms with Gasteiger partial charge >= 0.3 is 0 Å². The van der Waals surface area contributed by atoms with Crippen LogP contribution in [0.2, 0.25) is 0 Å². The number of benzene rings is 1. The molecule has 2 heterocycles. The highest BCUT2D eigenvalue weighted by Gasteiger charge is 2.18. The van der Waals surface area contributed by atoms with Crippen LogP contribution in [0.1, 0.15) is 12.8 Å². The first-order valence-electron chi connectivity index (χ1n) is 7.85. The molecule has 0 amide bonds. The zero-order valence-electron chi connectivity index (χ0n) is 12.7. The topological polar surface area (TPSA) is 36.5 Å². The van der Waals surface area contributed by atoms with Crippen molar-refractivity contribution >= 4 is 23.1 Å². The molecule has 2 saturated heterocycles. The molecule has 2 aliphatic heterocycles. The van der Waals surface area contributed by atoms with Crippen molar-refractivity contribution in [3.8, 4) is 0 Å². The Hall–Kier alpha value is -0.910. The number of thioether (sulfide) groups is 1. The van der Waals surface area contributed by atoms with E-state index >= 15 is 0 Å². The lowest BCUT2D eigenvalue weighted by atomic mass is 10.1. The number of nitrogens with zero attached hydrogens (tertiary/aromatic N) is 1. The van der Waals surface area contributed by atoms with E-state index in [1.54, 1.807) is 11.8 Å². The molecule has 2 aliphatic rings. The van der Waals surface area contributed by atoms with Crippen molar-refractivity contribution in [1.29, 1.82) is 0 Å². The molecule has 2 fully saturated rings. The number of hydrogen-bond acceptors (Lipinski definition) is 5. The van der Waals surface area contributed by atoms with E-state index in [-0.39, 0.29) is 0 Å². The Morgan fingerprint density at radius 2 is 2.19 bits per heavy atom. The SMILES string of the molecule is CSc1ccc(N[C@@H]2CCCNC2)c(N2CCOCC2)c1. The minimum Gasteiger partial charge on any atom is -0.379 e. The van der Waals surface area contributed by atoms with E-state index in [4.69, 9.17) is 4.74 Å². The highest BCUT2D eigenvalue weighted by molar-refractivity contribution is 7.98. The third kappa shape index (κ3) is 3.84. The second kappa shape index (κ2) is 7.38. The summed E-state index contributed by atoms with van der Waals surface area (Å²) < 4.78 is 5.49. The highest BCUT2D eigenvalue weighted by atomic mass is 32.2. The van der Waals surface area contributed by atoms with Gasteiger partial charge in [0.25, 0.3) is 0 Å². The number of rotatable bonds is 4. The summed E-state index contributed by atoms with van der Waals surface area (Å²) in [5, 5.41) is 7.22. The van der Waals surface area contributed by atoms with Gasteiger partial charge in [-0.1, -0.05) is 0 Å². The molecule has 0 radical (unpaired) electrons. The maximum atomic E-state index is 5.49. The van der Waals surface area contributed by atoms with Gasteiger partial charge in [-0.05, 0) is 43.8 Å². The van der Waals surface area contributed by atoms with Crippen LogP contribution in [0.5, 0.6) is 0 Å². The van der Waals surface area contributed by atoms with Crippen molar-refractivity contribution in [3.05, 3.63) is 18.2 Å². The largest absolute Gasteiger partial charge is 0.379 e. The number of hydrogen-bond donors (Lipinski definition) is 2. The lowest BCUT2D eigenvalue weighted by molar-refractivity contribution is 0.122. The lowest BCUT2D eigenvalue weighted by Crippen LogP contribution is -2.40. The molecule has 0 aromatic heterocycles. The van der Waals surface area contributed by atoms with Crippen molar-refractivity contribution < 1.29 is 4.74 Å². The van der Waals surface area contributed by atoms with E-state index in [2.05, 4.69) is 40.0 Å². The Morgan fingerprint density at radius 1 is 1.33 bits per heavy atom. The van der Waals surface area contributed by atoms with Gasteiger partial charge in [0.05, 0.1) is 24.6 Å². The zero-order valence-corrected chi connectivity index (χ0v) is 13.5. The van der Waals surface area contributed by atoms with Gasteiger partial charge in [-0.25, -0.2) is 0 Å². The Balaban J connectivity index is 1.79. The Labute approximate surface area is 131 Å². The van der Waals surface area contributed by atoms with Crippen LogP contribution < -0.4 is 15.5 Å². The molecule has 21 heavy (non-hydrogen) atoms. The van der Waals surface area contributed by atoms with Gasteiger partial charge in [-0.15, -0.1) is 11.8 Å². The zero-order chi connectivity index (χ0) is 14.5. The fraction of sp³-hybridized carbons (Fsp3) is 0.625. The van der Waals surface area contributed by atoms with Gasteiger partial charge in [0.15, 0.2) is 0 Å². The molecule has 0 bridgehead atoms. The van der Waals surface area contributed by atoms with Crippen molar-refractivity contribution in [2.45, 2.75) is 23.8 Å². The van der Waals surface area contributed by atoms with E-state index in [1.165, 1.54) is 29.1 Å². The van der Waals surface area contributed by atoms with Crippen molar-refractivity contribution in [1.82, 2.24) is 5.32 Å². The Bertz CT molecular complexity index is 457. The number of piperidine rings is 1. The molecule has 1 aromatic carbocycles. The first-order valence-corrected chi connectivity index (χ1v) is 9.07. The predicted molar refractivity (Wildman–Crippen MR) is 90.8 cm³/mol. The monoisotopic (exact) mass is 307 g/mol. The van der Waals surface area contributed by atoms with Crippen LogP contribution in [0, 0.1) is 0 Å².